The van der Waals surface area contributed by atoms with Gasteiger partial charge in [-0.2, -0.15) is 0 Å². The molecule has 21 heavy (non-hydrogen) atoms. The minimum absolute atomic E-state index is 0.0156. The van der Waals surface area contributed by atoms with Crippen molar-refractivity contribution in [1.82, 2.24) is 9.88 Å². The van der Waals surface area contributed by atoms with Crippen LogP contribution >= 0.6 is 0 Å². The zero-order chi connectivity index (χ0) is 15.0. The minimum Gasteiger partial charge on any atom is -0.490 e. The van der Waals surface area contributed by atoms with Crippen LogP contribution in [-0.4, -0.2) is 48.0 Å². The van der Waals surface area contributed by atoms with Gasteiger partial charge in [-0.15, -0.1) is 0 Å². The molecule has 0 aromatic carbocycles. The van der Waals surface area contributed by atoms with Gasteiger partial charge in [-0.1, -0.05) is 6.58 Å². The zero-order valence-corrected chi connectivity index (χ0v) is 12.6. The van der Waals surface area contributed by atoms with E-state index in [1.807, 2.05) is 13.0 Å². The maximum atomic E-state index is 11.5. The van der Waals surface area contributed by atoms with Crippen LogP contribution in [0.25, 0.3) is 0 Å². The molecule has 112 valence electrons. The number of fused-ring (bicyclic) bond motifs is 3. The summed E-state index contributed by atoms with van der Waals surface area (Å²) in [7, 11) is 0. The van der Waals surface area contributed by atoms with E-state index in [0.717, 1.165) is 43.3 Å². The quantitative estimate of drug-likeness (QED) is 0.779. The predicted octanol–water partition coefficient (Wildman–Crippen LogP) is 2.09. The van der Waals surface area contributed by atoms with Gasteiger partial charge in [0.25, 0.3) is 0 Å². The van der Waals surface area contributed by atoms with E-state index in [1.54, 1.807) is 13.1 Å². The average molecular weight is 287 g/mol. The monoisotopic (exact) mass is 287 g/mol. The largest absolute Gasteiger partial charge is 0.490 e. The summed E-state index contributed by atoms with van der Waals surface area (Å²) in [6.07, 6.45) is 2.60. The third kappa shape index (κ3) is 2.60. The molecule has 0 N–H and O–H groups in total. The second-order valence-electron chi connectivity index (χ2n) is 5.77. The second-order valence-corrected chi connectivity index (χ2v) is 5.77. The molecule has 1 atom stereocenters. The van der Waals surface area contributed by atoms with Gasteiger partial charge in [-0.25, -0.2) is 4.98 Å². The van der Waals surface area contributed by atoms with Gasteiger partial charge in [0.2, 0.25) is 0 Å². The number of carbonyl (C=O) groups is 1. The van der Waals surface area contributed by atoms with Crippen molar-refractivity contribution in [2.45, 2.75) is 26.3 Å². The molecule has 0 saturated carbocycles. The lowest BCUT2D eigenvalue weighted by Gasteiger charge is -2.42. The lowest BCUT2D eigenvalue weighted by molar-refractivity contribution is 0.101. The van der Waals surface area contributed by atoms with Crippen LogP contribution in [0.4, 0.5) is 5.82 Å². The van der Waals surface area contributed by atoms with Gasteiger partial charge < -0.3 is 14.5 Å². The summed E-state index contributed by atoms with van der Waals surface area (Å²) < 4.78 is 5.83. The van der Waals surface area contributed by atoms with Crippen molar-refractivity contribution >= 4 is 11.6 Å². The molecule has 5 heteroatoms. The molecule has 0 bridgehead atoms. The standard InChI is InChI=1S/C16H21N3O2/c1-11(2)18-5-6-19-14(10-18)4-7-21-15-8-13(12(3)20)9-17-16(15)19/h8-9,14H,1,4-7,10H2,2-3H3/t14-/m0/s1. The summed E-state index contributed by atoms with van der Waals surface area (Å²) in [6, 6.07) is 2.20. The predicted molar refractivity (Wildman–Crippen MR) is 81.9 cm³/mol. The third-order valence-electron chi connectivity index (χ3n) is 4.24. The first-order valence-corrected chi connectivity index (χ1v) is 7.37. The van der Waals surface area contributed by atoms with Crippen LogP contribution in [0, 0.1) is 0 Å². The highest BCUT2D eigenvalue weighted by molar-refractivity contribution is 5.94. The number of carbonyl (C=O) groups excluding carboxylic acids is 1. The Balaban J connectivity index is 1.90. The molecule has 0 spiro atoms. The molecule has 2 aliphatic heterocycles. The molecule has 1 aromatic heterocycles. The lowest BCUT2D eigenvalue weighted by atomic mass is 10.1. The first-order valence-electron chi connectivity index (χ1n) is 7.37. The van der Waals surface area contributed by atoms with Crippen LogP contribution in [0.1, 0.15) is 30.6 Å². The Morgan fingerprint density at radius 1 is 1.43 bits per heavy atom. The fourth-order valence-corrected chi connectivity index (χ4v) is 2.98. The summed E-state index contributed by atoms with van der Waals surface area (Å²) in [5, 5.41) is 0. The molecular formula is C16H21N3O2. The van der Waals surface area contributed by atoms with E-state index in [2.05, 4.69) is 21.4 Å². The maximum Gasteiger partial charge on any atom is 0.171 e. The highest BCUT2D eigenvalue weighted by Gasteiger charge is 2.32. The number of Topliss-reactive ketones (excluding diaryl/α,β-unsaturated/α-hetero) is 1. The van der Waals surface area contributed by atoms with E-state index in [0.29, 0.717) is 18.2 Å². The van der Waals surface area contributed by atoms with E-state index >= 15 is 0 Å². The molecule has 0 radical (unpaired) electrons. The number of aromatic nitrogens is 1. The first kappa shape index (κ1) is 13.9. The summed E-state index contributed by atoms with van der Waals surface area (Å²) in [5.41, 5.74) is 1.72. The Labute approximate surface area is 125 Å². The molecule has 0 aliphatic carbocycles. The number of piperazine rings is 1. The first-order chi connectivity index (χ1) is 10.1. The van der Waals surface area contributed by atoms with Crippen molar-refractivity contribution in [1.29, 1.82) is 0 Å². The fraction of sp³-hybridized carbons (Fsp3) is 0.500. The molecule has 3 rings (SSSR count). The van der Waals surface area contributed by atoms with E-state index in [9.17, 15) is 4.79 Å². The Kier molecular flexibility index (Phi) is 3.57. The Hall–Kier alpha value is -2.04. The maximum absolute atomic E-state index is 11.5. The number of allylic oxidation sites excluding steroid dienone is 1. The van der Waals surface area contributed by atoms with Crippen molar-refractivity contribution in [2.75, 3.05) is 31.1 Å². The van der Waals surface area contributed by atoms with Crippen molar-refractivity contribution in [3.63, 3.8) is 0 Å². The van der Waals surface area contributed by atoms with Crippen molar-refractivity contribution in [2.24, 2.45) is 0 Å². The highest BCUT2D eigenvalue weighted by Crippen LogP contribution is 2.33. The second kappa shape index (κ2) is 5.39. The SMILES string of the molecule is C=C(C)N1CCN2c3ncc(C(C)=O)cc3OCC[C@H]2C1. The summed E-state index contributed by atoms with van der Waals surface area (Å²) in [4.78, 5) is 20.6. The summed E-state index contributed by atoms with van der Waals surface area (Å²) in [6.45, 7) is 11.1. The minimum atomic E-state index is 0.0156. The number of hydrogen-bond donors (Lipinski definition) is 0. The Morgan fingerprint density at radius 3 is 2.95 bits per heavy atom. The molecule has 3 heterocycles. The number of nitrogens with zero attached hydrogens (tertiary/aromatic N) is 3. The van der Waals surface area contributed by atoms with E-state index in [-0.39, 0.29) is 5.78 Å². The Morgan fingerprint density at radius 2 is 2.24 bits per heavy atom. The molecule has 2 aliphatic rings. The third-order valence-corrected chi connectivity index (χ3v) is 4.24. The molecule has 1 saturated heterocycles. The average Bonchev–Trinajstić information content (AvgIpc) is 2.64. The number of ketones is 1. The van der Waals surface area contributed by atoms with Gasteiger partial charge in [0.15, 0.2) is 17.4 Å². The molecule has 1 aromatic rings. The number of pyridine rings is 1. The van der Waals surface area contributed by atoms with Gasteiger partial charge >= 0.3 is 0 Å². The van der Waals surface area contributed by atoms with Crippen LogP contribution in [0.5, 0.6) is 5.75 Å². The molecular weight excluding hydrogens is 266 g/mol. The summed E-state index contributed by atoms with van der Waals surface area (Å²) in [5.74, 6) is 1.61. The fourth-order valence-electron chi connectivity index (χ4n) is 2.98. The number of hydrogen-bond acceptors (Lipinski definition) is 5. The van der Waals surface area contributed by atoms with E-state index < -0.39 is 0 Å². The van der Waals surface area contributed by atoms with Crippen LogP contribution < -0.4 is 9.64 Å². The van der Waals surface area contributed by atoms with Crippen molar-refractivity contribution in [3.05, 3.63) is 30.1 Å². The van der Waals surface area contributed by atoms with Crippen molar-refractivity contribution < 1.29 is 9.53 Å². The van der Waals surface area contributed by atoms with Gasteiger partial charge in [-0.05, 0) is 19.9 Å². The van der Waals surface area contributed by atoms with E-state index in [4.69, 9.17) is 4.74 Å². The van der Waals surface area contributed by atoms with Gasteiger partial charge in [0.05, 0.1) is 12.6 Å². The van der Waals surface area contributed by atoms with Crippen LogP contribution in [0.2, 0.25) is 0 Å². The molecule has 0 unspecified atom stereocenters. The number of rotatable bonds is 2. The molecule has 5 nitrogen and oxygen atoms in total. The van der Waals surface area contributed by atoms with Crippen LogP contribution in [0.15, 0.2) is 24.5 Å². The number of anilines is 1. The van der Waals surface area contributed by atoms with E-state index in [1.165, 1.54) is 0 Å². The topological polar surface area (TPSA) is 45.7 Å². The van der Waals surface area contributed by atoms with Gasteiger partial charge in [0, 0.05) is 43.5 Å². The highest BCUT2D eigenvalue weighted by atomic mass is 16.5. The molecule has 1 fully saturated rings. The smallest absolute Gasteiger partial charge is 0.171 e. The number of ether oxygens (including phenoxy) is 1. The van der Waals surface area contributed by atoms with Gasteiger partial charge in [0.1, 0.15) is 0 Å². The summed E-state index contributed by atoms with van der Waals surface area (Å²) >= 11 is 0. The van der Waals surface area contributed by atoms with Crippen molar-refractivity contribution in [3.8, 4) is 5.75 Å². The Bertz CT molecular complexity index is 585. The van der Waals surface area contributed by atoms with Crippen LogP contribution in [-0.2, 0) is 0 Å². The molecule has 0 amide bonds. The van der Waals surface area contributed by atoms with Gasteiger partial charge in [-0.3, -0.25) is 4.79 Å². The zero-order valence-electron chi connectivity index (χ0n) is 12.6. The lowest BCUT2D eigenvalue weighted by Crippen LogP contribution is -2.52. The normalized spacial score (nSPS) is 21.0. The van der Waals surface area contributed by atoms with Crippen LogP contribution in [0.3, 0.4) is 0 Å².